The number of anilines is 1. The number of nitrogens with zero attached hydrogens (tertiary/aromatic N) is 1. The number of hydrogen-bond donors (Lipinski definition) is 6. The van der Waals surface area contributed by atoms with Crippen molar-refractivity contribution in [2.24, 2.45) is 28.1 Å². The highest BCUT2D eigenvalue weighted by molar-refractivity contribution is 5.81. The molecular formula is C31H46N6O3. The Morgan fingerprint density at radius 1 is 1.10 bits per heavy atom. The lowest BCUT2D eigenvalue weighted by atomic mass is 9.90. The van der Waals surface area contributed by atoms with Gasteiger partial charge in [0.15, 0.2) is 5.96 Å². The number of guanidine groups is 1. The number of aldehydes is 1. The number of nitrogens with two attached hydrogens (primary N) is 3. The minimum Gasteiger partial charge on any atom is -0.478 e. The van der Waals surface area contributed by atoms with Gasteiger partial charge in [0.2, 0.25) is 0 Å². The molecule has 2 rings (SSSR count). The Balaban J connectivity index is 2.23. The van der Waals surface area contributed by atoms with E-state index in [1.807, 2.05) is 42.6 Å². The van der Waals surface area contributed by atoms with Gasteiger partial charge in [-0.05, 0) is 66.9 Å². The zero-order valence-electron chi connectivity index (χ0n) is 23.6. The molecule has 0 saturated heterocycles. The minimum absolute atomic E-state index is 0.0866. The van der Waals surface area contributed by atoms with E-state index in [1.54, 1.807) is 0 Å². The van der Waals surface area contributed by atoms with Crippen LogP contribution in [-0.4, -0.2) is 46.9 Å². The molecule has 0 aliphatic rings. The molecule has 3 atom stereocenters. The second-order valence-electron chi connectivity index (χ2n) is 10.2. The number of unbranched alkanes of at least 4 members (excludes halogenated alkanes) is 1. The molecule has 9 nitrogen and oxygen atoms in total. The predicted octanol–water partition coefficient (Wildman–Crippen LogP) is 4.62. The molecule has 0 radical (unpaired) electrons. The highest BCUT2D eigenvalue weighted by Crippen LogP contribution is 2.24. The normalized spacial score (nSPS) is 14.0. The number of hydrogen-bond acceptors (Lipinski definition) is 5. The number of allylic oxidation sites excluding steroid dienone is 1. The standard InChI is InChI=1S/C31H46N6O3/c1-2-3-10-27(32)11-5-7-23(13-14-24-8-4-9-25(20-24)17-19-38)15-16-28(37-29-12-6-18-35-29)26(21-30(39)40)22-36-31(33)34/h4,6,8-9,12-14,18-21,23,27-28,35,37H,2-3,5,7,10-11,15-17,22,32H2,1H3,(H,39,40)(H4,33,34,36). The fourth-order valence-corrected chi connectivity index (χ4v) is 4.69. The van der Waals surface area contributed by atoms with E-state index in [1.165, 1.54) is 6.08 Å². The van der Waals surface area contributed by atoms with E-state index < -0.39 is 5.97 Å². The average Bonchev–Trinajstić information content (AvgIpc) is 3.43. The third-order valence-corrected chi connectivity index (χ3v) is 6.86. The number of aliphatic carboxylic acids is 1. The summed E-state index contributed by atoms with van der Waals surface area (Å²) >= 11 is 0. The van der Waals surface area contributed by atoms with Crippen LogP contribution in [0.2, 0.25) is 0 Å². The van der Waals surface area contributed by atoms with Crippen molar-refractivity contribution in [1.82, 2.24) is 4.98 Å². The largest absolute Gasteiger partial charge is 0.478 e. The van der Waals surface area contributed by atoms with E-state index in [-0.39, 0.29) is 30.5 Å². The molecule has 9 heteroatoms. The minimum atomic E-state index is -1.05. The van der Waals surface area contributed by atoms with E-state index in [0.29, 0.717) is 18.4 Å². The number of H-pyrrole nitrogens is 1. The van der Waals surface area contributed by atoms with Gasteiger partial charge in [-0.15, -0.1) is 0 Å². The monoisotopic (exact) mass is 550 g/mol. The molecule has 0 bridgehead atoms. The SMILES string of the molecule is CCCCC(N)CCCC(C=Cc1cccc(CC=O)c1)CCC(Nc1ccc[nH]1)C(=CC(=O)O)CN=C(N)N. The summed E-state index contributed by atoms with van der Waals surface area (Å²) in [6.45, 7) is 2.26. The number of carboxylic acid groups (broad SMARTS) is 1. The van der Waals surface area contributed by atoms with Gasteiger partial charge < -0.3 is 37.4 Å². The smallest absolute Gasteiger partial charge is 0.328 e. The number of aromatic amines is 1. The summed E-state index contributed by atoms with van der Waals surface area (Å²) in [5.74, 6) is -0.110. The Bertz CT molecular complexity index is 1110. The highest BCUT2D eigenvalue weighted by Gasteiger charge is 2.19. The van der Waals surface area contributed by atoms with Crippen molar-refractivity contribution in [3.05, 3.63) is 71.4 Å². The maximum absolute atomic E-state index is 11.6. The summed E-state index contributed by atoms with van der Waals surface area (Å²) in [6, 6.07) is 11.7. The maximum Gasteiger partial charge on any atom is 0.328 e. The molecule has 0 fully saturated rings. The summed E-state index contributed by atoms with van der Waals surface area (Å²) in [5.41, 5.74) is 20.1. The first-order chi connectivity index (χ1) is 19.3. The van der Waals surface area contributed by atoms with Crippen molar-refractivity contribution in [3.63, 3.8) is 0 Å². The number of carbonyl (C=O) groups is 2. The molecule has 2 aromatic rings. The van der Waals surface area contributed by atoms with Gasteiger partial charge in [-0.3, -0.25) is 0 Å². The van der Waals surface area contributed by atoms with Gasteiger partial charge in [0, 0.05) is 24.7 Å². The molecule has 0 aliphatic heterocycles. The van der Waals surface area contributed by atoms with Gasteiger partial charge in [0.1, 0.15) is 12.1 Å². The fourth-order valence-electron chi connectivity index (χ4n) is 4.69. The van der Waals surface area contributed by atoms with Crippen molar-refractivity contribution in [3.8, 4) is 0 Å². The molecule has 0 amide bonds. The highest BCUT2D eigenvalue weighted by atomic mass is 16.4. The van der Waals surface area contributed by atoms with Crippen molar-refractivity contribution in [2.75, 3.05) is 11.9 Å². The van der Waals surface area contributed by atoms with Crippen LogP contribution < -0.4 is 22.5 Å². The summed E-state index contributed by atoms with van der Waals surface area (Å²) in [7, 11) is 0. The molecular weight excluding hydrogens is 504 g/mol. The van der Waals surface area contributed by atoms with Crippen LogP contribution in [0.1, 0.15) is 69.4 Å². The van der Waals surface area contributed by atoms with Crippen molar-refractivity contribution >= 4 is 30.1 Å². The predicted molar refractivity (Wildman–Crippen MR) is 164 cm³/mol. The molecule has 9 N–H and O–H groups in total. The Hall–Kier alpha value is -3.85. The molecule has 0 aliphatic carbocycles. The van der Waals surface area contributed by atoms with E-state index in [9.17, 15) is 14.7 Å². The van der Waals surface area contributed by atoms with Crippen LogP contribution in [0.15, 0.2) is 65.3 Å². The maximum atomic E-state index is 11.6. The first kappa shape index (κ1) is 32.4. The zero-order chi connectivity index (χ0) is 29.2. The van der Waals surface area contributed by atoms with Crippen LogP contribution in [0, 0.1) is 5.92 Å². The first-order valence-electron chi connectivity index (χ1n) is 14.2. The third kappa shape index (κ3) is 13.3. The lowest BCUT2D eigenvalue weighted by molar-refractivity contribution is -0.131. The van der Waals surface area contributed by atoms with Gasteiger partial charge in [0.25, 0.3) is 0 Å². The summed E-state index contributed by atoms with van der Waals surface area (Å²) in [4.78, 5) is 29.8. The Morgan fingerprint density at radius 2 is 1.90 bits per heavy atom. The lowest BCUT2D eigenvalue weighted by Crippen LogP contribution is -2.28. The Labute approximate surface area is 238 Å². The third-order valence-electron chi connectivity index (χ3n) is 6.86. The van der Waals surface area contributed by atoms with E-state index in [2.05, 4.69) is 34.4 Å². The van der Waals surface area contributed by atoms with Gasteiger partial charge >= 0.3 is 5.97 Å². The molecule has 218 valence electrons. The molecule has 0 spiro atoms. The van der Waals surface area contributed by atoms with Crippen LogP contribution in [0.4, 0.5) is 5.82 Å². The van der Waals surface area contributed by atoms with Crippen molar-refractivity contribution in [2.45, 2.75) is 76.8 Å². The molecule has 1 aromatic carbocycles. The van der Waals surface area contributed by atoms with Crippen LogP contribution >= 0.6 is 0 Å². The lowest BCUT2D eigenvalue weighted by Gasteiger charge is -2.24. The molecule has 1 heterocycles. The summed E-state index contributed by atoms with van der Waals surface area (Å²) < 4.78 is 0. The quantitative estimate of drug-likeness (QED) is 0.0604. The number of benzene rings is 1. The van der Waals surface area contributed by atoms with E-state index >= 15 is 0 Å². The van der Waals surface area contributed by atoms with Crippen LogP contribution in [-0.2, 0) is 16.0 Å². The van der Waals surface area contributed by atoms with E-state index in [4.69, 9.17) is 17.2 Å². The topological polar surface area (TPSA) is 173 Å². The van der Waals surface area contributed by atoms with Crippen LogP contribution in [0.5, 0.6) is 0 Å². The molecule has 0 saturated carbocycles. The summed E-state index contributed by atoms with van der Waals surface area (Å²) in [6.07, 6.45) is 16.4. The number of carboxylic acids is 1. The molecule has 3 unspecified atom stereocenters. The van der Waals surface area contributed by atoms with Crippen molar-refractivity contribution in [1.29, 1.82) is 0 Å². The number of nitrogens with one attached hydrogen (secondary N) is 2. The zero-order valence-corrected chi connectivity index (χ0v) is 23.6. The van der Waals surface area contributed by atoms with Crippen molar-refractivity contribution < 1.29 is 14.7 Å². The number of carbonyl (C=O) groups excluding carboxylic acids is 1. The van der Waals surface area contributed by atoms with Gasteiger partial charge in [0.05, 0.1) is 12.6 Å². The molecule has 1 aromatic heterocycles. The van der Waals surface area contributed by atoms with E-state index in [0.717, 1.165) is 68.2 Å². The van der Waals surface area contributed by atoms with Crippen LogP contribution in [0.25, 0.3) is 6.08 Å². The second-order valence-corrected chi connectivity index (χ2v) is 10.2. The average molecular weight is 551 g/mol. The van der Waals surface area contributed by atoms with Gasteiger partial charge in [-0.1, -0.05) is 62.6 Å². The summed E-state index contributed by atoms with van der Waals surface area (Å²) in [5, 5.41) is 13.0. The molecule has 40 heavy (non-hydrogen) atoms. The van der Waals surface area contributed by atoms with Gasteiger partial charge in [-0.25, -0.2) is 9.79 Å². The Kier molecular flexibility index (Phi) is 14.9. The second kappa shape index (κ2) is 18.4. The first-order valence-corrected chi connectivity index (χ1v) is 14.2. The van der Waals surface area contributed by atoms with Crippen LogP contribution in [0.3, 0.4) is 0 Å². The number of rotatable bonds is 20. The fraction of sp³-hybridized carbons (Fsp3) is 0.452. The number of aliphatic imine (C=N–C) groups is 1. The number of aromatic nitrogens is 1. The Morgan fingerprint density at radius 3 is 2.58 bits per heavy atom. The van der Waals surface area contributed by atoms with Gasteiger partial charge in [-0.2, -0.15) is 0 Å².